The van der Waals surface area contributed by atoms with Gasteiger partial charge in [0.15, 0.2) is 0 Å². The number of aliphatic hydroxyl groups excluding tert-OH is 1. The molecule has 0 aromatic heterocycles. The fraction of sp³-hybridized carbons (Fsp3) is 0.538. The SMILES string of the molecule is CC(C)(C)[C@@H](O)[C@@H](N)c1ccc(Cl)cc1C(F)(F)F.Cl. The van der Waals surface area contributed by atoms with Gasteiger partial charge in [0.05, 0.1) is 17.7 Å². The molecular formula is C13H18Cl2F3NO. The minimum absolute atomic E-state index is 0. The van der Waals surface area contributed by atoms with Crippen molar-refractivity contribution in [3.8, 4) is 0 Å². The average molecular weight is 332 g/mol. The Morgan fingerprint density at radius 2 is 1.70 bits per heavy atom. The zero-order valence-corrected chi connectivity index (χ0v) is 12.9. The average Bonchev–Trinajstić information content (AvgIpc) is 2.24. The van der Waals surface area contributed by atoms with Crippen molar-refractivity contribution >= 4 is 24.0 Å². The van der Waals surface area contributed by atoms with Gasteiger partial charge in [-0.25, -0.2) is 0 Å². The van der Waals surface area contributed by atoms with Crippen molar-refractivity contribution in [2.45, 2.75) is 39.1 Å². The molecule has 0 fully saturated rings. The zero-order chi connectivity index (χ0) is 15.0. The third-order valence-corrected chi connectivity index (χ3v) is 3.14. The standard InChI is InChI=1S/C13H17ClF3NO.ClH/c1-12(2,3)11(19)10(18)8-5-4-7(14)6-9(8)13(15,16)17;/h4-6,10-11,19H,18H2,1-3H3;1H/t10-,11-;/m0./s1. The van der Waals surface area contributed by atoms with E-state index in [9.17, 15) is 18.3 Å². The van der Waals surface area contributed by atoms with Crippen molar-refractivity contribution in [2.24, 2.45) is 11.1 Å². The van der Waals surface area contributed by atoms with E-state index >= 15 is 0 Å². The maximum absolute atomic E-state index is 13.0. The van der Waals surface area contributed by atoms with Crippen LogP contribution in [0.25, 0.3) is 0 Å². The molecule has 0 bridgehead atoms. The van der Waals surface area contributed by atoms with Crippen LogP contribution in [0.3, 0.4) is 0 Å². The van der Waals surface area contributed by atoms with E-state index in [1.807, 2.05) is 0 Å². The van der Waals surface area contributed by atoms with E-state index in [0.29, 0.717) is 0 Å². The molecule has 2 atom stereocenters. The molecule has 0 saturated heterocycles. The lowest BCUT2D eigenvalue weighted by molar-refractivity contribution is -0.138. The summed E-state index contributed by atoms with van der Waals surface area (Å²) in [6.07, 6.45) is -5.66. The van der Waals surface area contributed by atoms with Gasteiger partial charge in [-0.15, -0.1) is 12.4 Å². The molecule has 0 spiro atoms. The van der Waals surface area contributed by atoms with E-state index in [0.717, 1.165) is 6.07 Å². The van der Waals surface area contributed by atoms with E-state index < -0.39 is 29.3 Å². The summed E-state index contributed by atoms with van der Waals surface area (Å²) in [7, 11) is 0. The summed E-state index contributed by atoms with van der Waals surface area (Å²) in [5.74, 6) is 0. The van der Waals surface area contributed by atoms with E-state index in [2.05, 4.69) is 0 Å². The van der Waals surface area contributed by atoms with Crippen molar-refractivity contribution in [3.05, 3.63) is 34.3 Å². The number of aliphatic hydroxyl groups is 1. The molecule has 1 rings (SSSR count). The molecule has 3 N–H and O–H groups in total. The third kappa shape index (κ3) is 4.52. The smallest absolute Gasteiger partial charge is 0.391 e. The first kappa shape index (κ1) is 19.5. The Bertz CT molecular complexity index is 458. The first-order valence-electron chi connectivity index (χ1n) is 5.75. The van der Waals surface area contributed by atoms with E-state index in [1.165, 1.54) is 12.1 Å². The monoisotopic (exact) mass is 331 g/mol. The van der Waals surface area contributed by atoms with Crippen molar-refractivity contribution in [2.75, 3.05) is 0 Å². The maximum Gasteiger partial charge on any atom is 0.416 e. The molecule has 0 aliphatic carbocycles. The van der Waals surface area contributed by atoms with Crippen LogP contribution in [0.4, 0.5) is 13.2 Å². The lowest BCUT2D eigenvalue weighted by Crippen LogP contribution is -2.38. The summed E-state index contributed by atoms with van der Waals surface area (Å²) in [5, 5.41) is 10.0. The number of halogens is 5. The highest BCUT2D eigenvalue weighted by atomic mass is 35.5. The molecule has 7 heteroatoms. The zero-order valence-electron chi connectivity index (χ0n) is 11.3. The van der Waals surface area contributed by atoms with Crippen LogP contribution < -0.4 is 5.73 Å². The van der Waals surface area contributed by atoms with Crippen LogP contribution in [0.15, 0.2) is 18.2 Å². The van der Waals surface area contributed by atoms with Gasteiger partial charge in [0.1, 0.15) is 0 Å². The third-order valence-electron chi connectivity index (χ3n) is 2.91. The van der Waals surface area contributed by atoms with E-state index in [4.69, 9.17) is 17.3 Å². The van der Waals surface area contributed by atoms with Gasteiger partial charge in [0.2, 0.25) is 0 Å². The first-order chi connectivity index (χ1) is 8.44. The topological polar surface area (TPSA) is 46.2 Å². The van der Waals surface area contributed by atoms with Gasteiger partial charge >= 0.3 is 6.18 Å². The number of rotatable bonds is 2. The van der Waals surface area contributed by atoms with Crippen LogP contribution in [0.1, 0.15) is 37.9 Å². The van der Waals surface area contributed by atoms with Gasteiger partial charge in [0.25, 0.3) is 0 Å². The molecule has 0 unspecified atom stereocenters. The predicted molar refractivity (Wildman–Crippen MR) is 76.1 cm³/mol. The van der Waals surface area contributed by atoms with Gasteiger partial charge in [0, 0.05) is 5.02 Å². The fourth-order valence-corrected chi connectivity index (χ4v) is 1.95. The molecular weight excluding hydrogens is 314 g/mol. The van der Waals surface area contributed by atoms with Crippen molar-refractivity contribution < 1.29 is 18.3 Å². The largest absolute Gasteiger partial charge is 0.416 e. The molecule has 0 aliphatic rings. The van der Waals surface area contributed by atoms with Gasteiger partial charge in [-0.1, -0.05) is 38.4 Å². The van der Waals surface area contributed by atoms with E-state index in [1.54, 1.807) is 20.8 Å². The van der Waals surface area contributed by atoms with Gasteiger partial charge in [-0.2, -0.15) is 13.2 Å². The Morgan fingerprint density at radius 3 is 2.10 bits per heavy atom. The van der Waals surface area contributed by atoms with Crippen LogP contribution >= 0.6 is 24.0 Å². The molecule has 0 heterocycles. The van der Waals surface area contributed by atoms with Crippen LogP contribution in [0, 0.1) is 5.41 Å². The molecule has 0 saturated carbocycles. The molecule has 20 heavy (non-hydrogen) atoms. The highest BCUT2D eigenvalue weighted by Gasteiger charge is 2.38. The van der Waals surface area contributed by atoms with Crippen LogP contribution in [0.2, 0.25) is 5.02 Å². The summed E-state index contributed by atoms with van der Waals surface area (Å²) in [5.41, 5.74) is 4.10. The number of benzene rings is 1. The second-order valence-corrected chi connectivity index (χ2v) is 6.00. The van der Waals surface area contributed by atoms with Crippen LogP contribution in [0.5, 0.6) is 0 Å². The summed E-state index contributed by atoms with van der Waals surface area (Å²) in [6, 6.07) is 2.24. The normalized spacial score (nSPS) is 15.4. The van der Waals surface area contributed by atoms with E-state index in [-0.39, 0.29) is 23.0 Å². The summed E-state index contributed by atoms with van der Waals surface area (Å²) < 4.78 is 38.9. The van der Waals surface area contributed by atoms with Crippen molar-refractivity contribution in [1.82, 2.24) is 0 Å². The predicted octanol–water partition coefficient (Wildman–Crippen LogP) is 4.19. The second kappa shape index (κ2) is 6.52. The molecule has 1 aromatic carbocycles. The minimum Gasteiger partial charge on any atom is -0.391 e. The quantitative estimate of drug-likeness (QED) is 0.853. The minimum atomic E-state index is -4.56. The Balaban J connectivity index is 0.00000361. The highest BCUT2D eigenvalue weighted by Crippen LogP contribution is 2.38. The lowest BCUT2D eigenvalue weighted by atomic mass is 9.81. The first-order valence-corrected chi connectivity index (χ1v) is 6.12. The van der Waals surface area contributed by atoms with Crippen molar-refractivity contribution in [1.29, 1.82) is 0 Å². The summed E-state index contributed by atoms with van der Waals surface area (Å²) >= 11 is 5.59. The Morgan fingerprint density at radius 1 is 1.20 bits per heavy atom. The number of nitrogens with two attached hydrogens (primary N) is 1. The molecule has 0 radical (unpaired) electrons. The Hall–Kier alpha value is -0.490. The van der Waals surface area contributed by atoms with Gasteiger partial charge in [-0.3, -0.25) is 0 Å². The molecule has 116 valence electrons. The van der Waals surface area contributed by atoms with Crippen molar-refractivity contribution in [3.63, 3.8) is 0 Å². The molecule has 2 nitrogen and oxygen atoms in total. The van der Waals surface area contributed by atoms with Gasteiger partial charge < -0.3 is 10.8 Å². The summed E-state index contributed by atoms with van der Waals surface area (Å²) in [6.45, 7) is 5.13. The lowest BCUT2D eigenvalue weighted by Gasteiger charge is -2.32. The second-order valence-electron chi connectivity index (χ2n) is 5.57. The Labute approximate surface area is 127 Å². The molecule has 0 amide bonds. The highest BCUT2D eigenvalue weighted by molar-refractivity contribution is 6.30. The Kier molecular flexibility index (Phi) is 6.36. The molecule has 0 aliphatic heterocycles. The molecule has 1 aromatic rings. The number of alkyl halides is 3. The van der Waals surface area contributed by atoms with Crippen LogP contribution in [-0.4, -0.2) is 11.2 Å². The van der Waals surface area contributed by atoms with Crippen LogP contribution in [-0.2, 0) is 6.18 Å². The fourth-order valence-electron chi connectivity index (χ4n) is 1.77. The van der Waals surface area contributed by atoms with Gasteiger partial charge in [-0.05, 0) is 23.1 Å². The summed E-state index contributed by atoms with van der Waals surface area (Å²) in [4.78, 5) is 0. The maximum atomic E-state index is 13.0. The number of hydrogen-bond donors (Lipinski definition) is 2. The number of hydrogen-bond acceptors (Lipinski definition) is 2.